The van der Waals surface area contributed by atoms with Gasteiger partial charge < -0.3 is 9.73 Å². The van der Waals surface area contributed by atoms with E-state index in [9.17, 15) is 14.9 Å². The van der Waals surface area contributed by atoms with Gasteiger partial charge in [0, 0.05) is 19.2 Å². The minimum absolute atomic E-state index is 0.263. The van der Waals surface area contributed by atoms with Crippen LogP contribution in [0.5, 0.6) is 0 Å². The van der Waals surface area contributed by atoms with Crippen molar-refractivity contribution in [1.29, 1.82) is 0 Å². The highest BCUT2D eigenvalue weighted by Gasteiger charge is 2.11. The Kier molecular flexibility index (Phi) is 6.38. The van der Waals surface area contributed by atoms with Gasteiger partial charge in [0.25, 0.3) is 0 Å². The summed E-state index contributed by atoms with van der Waals surface area (Å²) < 4.78 is 4.96. The number of amides is 1. The molecular weight excluding hydrogens is 346 g/mol. The Morgan fingerprint density at radius 1 is 1.11 bits per heavy atom. The zero-order chi connectivity index (χ0) is 19.1. The molecule has 1 aliphatic rings. The molecule has 27 heavy (non-hydrogen) atoms. The van der Waals surface area contributed by atoms with Crippen molar-refractivity contribution in [2.24, 2.45) is 0 Å². The number of hydrogen-bond donors (Lipinski definition) is 1. The number of carbonyl (C=O) groups excluding carboxylic acids is 1. The predicted molar refractivity (Wildman–Crippen MR) is 102 cm³/mol. The monoisotopic (exact) mass is 369 g/mol. The second kappa shape index (κ2) is 9.14. The maximum atomic E-state index is 11.9. The molecule has 7 heteroatoms. The third-order valence-corrected chi connectivity index (χ3v) is 4.54. The highest BCUT2D eigenvalue weighted by atomic mass is 16.6. The number of nitrogens with one attached hydrogen (secondary N) is 1. The third-order valence-electron chi connectivity index (χ3n) is 4.54. The number of furan rings is 1. The molecule has 0 spiro atoms. The van der Waals surface area contributed by atoms with E-state index >= 15 is 0 Å². The molecule has 1 aliphatic heterocycles. The van der Waals surface area contributed by atoms with Crippen molar-refractivity contribution in [3.8, 4) is 0 Å². The van der Waals surface area contributed by atoms with E-state index < -0.39 is 4.92 Å². The van der Waals surface area contributed by atoms with Gasteiger partial charge in [0.05, 0.1) is 6.07 Å². The van der Waals surface area contributed by atoms with Crippen LogP contribution < -0.4 is 5.32 Å². The van der Waals surface area contributed by atoms with E-state index in [-0.39, 0.29) is 17.6 Å². The summed E-state index contributed by atoms with van der Waals surface area (Å²) in [5, 5.41) is 13.3. The first-order valence-electron chi connectivity index (χ1n) is 9.10. The van der Waals surface area contributed by atoms with Crippen LogP contribution in [0.15, 0.2) is 46.9 Å². The van der Waals surface area contributed by atoms with Crippen LogP contribution in [-0.2, 0) is 17.9 Å². The lowest BCUT2D eigenvalue weighted by atomic mass is 10.1. The molecule has 7 nitrogen and oxygen atoms in total. The molecule has 1 aromatic heterocycles. The van der Waals surface area contributed by atoms with E-state index in [0.29, 0.717) is 6.54 Å². The van der Waals surface area contributed by atoms with Crippen LogP contribution >= 0.6 is 0 Å². The van der Waals surface area contributed by atoms with Gasteiger partial charge in [-0.3, -0.25) is 19.8 Å². The van der Waals surface area contributed by atoms with Crippen LogP contribution in [0, 0.1) is 10.1 Å². The highest BCUT2D eigenvalue weighted by molar-refractivity contribution is 5.91. The molecule has 142 valence electrons. The molecule has 0 aliphatic carbocycles. The summed E-state index contributed by atoms with van der Waals surface area (Å²) in [6, 6.07) is 11.0. The summed E-state index contributed by atoms with van der Waals surface area (Å²) in [7, 11) is 0. The molecule has 3 rings (SSSR count). The number of benzene rings is 1. The van der Waals surface area contributed by atoms with Crippen LogP contribution in [0.3, 0.4) is 0 Å². The number of piperidine rings is 1. The second-order valence-corrected chi connectivity index (χ2v) is 6.64. The predicted octanol–water partition coefficient (Wildman–Crippen LogP) is 3.50. The lowest BCUT2D eigenvalue weighted by Gasteiger charge is -2.26. The molecule has 0 saturated carbocycles. The molecule has 0 radical (unpaired) electrons. The molecular formula is C20H23N3O4. The molecule has 2 aromatic rings. The maximum Gasteiger partial charge on any atom is 0.433 e. The van der Waals surface area contributed by atoms with E-state index in [1.54, 1.807) is 0 Å². The van der Waals surface area contributed by atoms with Crippen LogP contribution in [-0.4, -0.2) is 28.8 Å². The van der Waals surface area contributed by atoms with E-state index in [1.165, 1.54) is 62.2 Å². The van der Waals surface area contributed by atoms with Gasteiger partial charge in [-0.2, -0.15) is 0 Å². The van der Waals surface area contributed by atoms with Crippen LogP contribution in [0.25, 0.3) is 6.08 Å². The smallest absolute Gasteiger partial charge is 0.401 e. The Labute approximate surface area is 157 Å². The zero-order valence-corrected chi connectivity index (χ0v) is 15.1. The van der Waals surface area contributed by atoms with Crippen LogP contribution in [0.2, 0.25) is 0 Å². The Morgan fingerprint density at radius 2 is 1.81 bits per heavy atom. The Hall–Kier alpha value is -2.93. The molecule has 1 fully saturated rings. The average molecular weight is 369 g/mol. The molecule has 2 heterocycles. The van der Waals surface area contributed by atoms with Gasteiger partial charge in [0.15, 0.2) is 0 Å². The molecule has 0 unspecified atom stereocenters. The second-order valence-electron chi connectivity index (χ2n) is 6.64. The quantitative estimate of drug-likeness (QED) is 0.458. The average Bonchev–Trinajstić information content (AvgIpc) is 3.16. The number of rotatable bonds is 7. The van der Waals surface area contributed by atoms with Gasteiger partial charge in [0.2, 0.25) is 5.91 Å². The van der Waals surface area contributed by atoms with Crippen molar-refractivity contribution in [2.75, 3.05) is 13.1 Å². The van der Waals surface area contributed by atoms with E-state index in [0.717, 1.165) is 12.1 Å². The normalized spacial score (nSPS) is 15.1. The standard InChI is InChI=1S/C20H23N3O4/c24-19(10-8-18-9-11-20(27-18)23(25)26)21-14-16-4-6-17(7-5-16)15-22-12-2-1-3-13-22/h4-11H,1-3,12-15H2,(H,21,24)/b10-8+. The van der Waals surface area contributed by atoms with Crippen LogP contribution in [0.1, 0.15) is 36.1 Å². The molecule has 0 bridgehead atoms. The summed E-state index contributed by atoms with van der Waals surface area (Å²) in [6.45, 7) is 3.74. The first kappa shape index (κ1) is 18.8. The number of carbonyl (C=O) groups is 1. The zero-order valence-electron chi connectivity index (χ0n) is 15.1. The number of likely N-dealkylation sites (tertiary alicyclic amines) is 1. The van der Waals surface area contributed by atoms with Gasteiger partial charge in [0.1, 0.15) is 10.7 Å². The summed E-state index contributed by atoms with van der Waals surface area (Å²) >= 11 is 0. The Bertz CT molecular complexity index is 805. The fraction of sp³-hybridized carbons (Fsp3) is 0.350. The summed E-state index contributed by atoms with van der Waals surface area (Å²) in [6.07, 6.45) is 6.60. The van der Waals surface area contributed by atoms with Crippen molar-refractivity contribution in [3.05, 3.63) is 69.5 Å². The van der Waals surface area contributed by atoms with Gasteiger partial charge in [-0.25, -0.2) is 0 Å². The molecule has 0 atom stereocenters. The fourth-order valence-electron chi connectivity index (χ4n) is 3.07. The van der Waals surface area contributed by atoms with Crippen molar-refractivity contribution in [3.63, 3.8) is 0 Å². The highest BCUT2D eigenvalue weighted by Crippen LogP contribution is 2.16. The molecule has 1 aromatic carbocycles. The molecule has 1 amide bonds. The molecule has 1 N–H and O–H groups in total. The topological polar surface area (TPSA) is 88.6 Å². The maximum absolute atomic E-state index is 11.9. The van der Waals surface area contributed by atoms with Crippen molar-refractivity contribution >= 4 is 17.9 Å². The summed E-state index contributed by atoms with van der Waals surface area (Å²) in [4.78, 5) is 24.3. The van der Waals surface area contributed by atoms with Crippen molar-refractivity contribution in [1.82, 2.24) is 10.2 Å². The van der Waals surface area contributed by atoms with Crippen molar-refractivity contribution in [2.45, 2.75) is 32.4 Å². The number of hydrogen-bond acceptors (Lipinski definition) is 5. The van der Waals surface area contributed by atoms with E-state index in [2.05, 4.69) is 22.3 Å². The first-order valence-corrected chi connectivity index (χ1v) is 9.10. The minimum atomic E-state index is -0.619. The fourth-order valence-corrected chi connectivity index (χ4v) is 3.07. The van der Waals surface area contributed by atoms with E-state index in [4.69, 9.17) is 4.42 Å². The number of nitro groups is 1. The van der Waals surface area contributed by atoms with Gasteiger partial charge in [-0.1, -0.05) is 30.7 Å². The third kappa shape index (κ3) is 5.79. The lowest BCUT2D eigenvalue weighted by Crippen LogP contribution is -2.29. The van der Waals surface area contributed by atoms with Gasteiger partial charge in [-0.15, -0.1) is 0 Å². The summed E-state index contributed by atoms with van der Waals surface area (Å²) in [5.41, 5.74) is 2.30. The van der Waals surface area contributed by atoms with Crippen molar-refractivity contribution < 1.29 is 14.1 Å². The molecule has 1 saturated heterocycles. The Morgan fingerprint density at radius 3 is 2.48 bits per heavy atom. The largest absolute Gasteiger partial charge is 0.433 e. The lowest BCUT2D eigenvalue weighted by molar-refractivity contribution is -0.402. The first-order chi connectivity index (χ1) is 13.1. The SMILES string of the molecule is O=C(/C=C/c1ccc([N+](=O)[O-])o1)NCc1ccc(CN2CCCCC2)cc1. The Balaban J connectivity index is 1.45. The summed E-state index contributed by atoms with van der Waals surface area (Å²) in [5.74, 6) is -0.370. The van der Waals surface area contributed by atoms with Crippen LogP contribution in [0.4, 0.5) is 5.88 Å². The van der Waals surface area contributed by atoms with Gasteiger partial charge >= 0.3 is 5.88 Å². The van der Waals surface area contributed by atoms with E-state index in [1.807, 2.05) is 12.1 Å². The number of nitrogens with zero attached hydrogens (tertiary/aromatic N) is 2. The van der Waals surface area contributed by atoms with Gasteiger partial charge in [-0.05, 0) is 49.2 Å². The minimum Gasteiger partial charge on any atom is -0.401 e.